The van der Waals surface area contributed by atoms with Gasteiger partial charge in [-0.2, -0.15) is 0 Å². The quantitative estimate of drug-likeness (QED) is 0.813. The van der Waals surface area contributed by atoms with E-state index >= 15 is 0 Å². The van der Waals surface area contributed by atoms with E-state index < -0.39 is 6.04 Å². The van der Waals surface area contributed by atoms with Crippen LogP contribution >= 0.6 is 0 Å². The monoisotopic (exact) mass is 380 g/mol. The van der Waals surface area contributed by atoms with Gasteiger partial charge in [-0.15, -0.1) is 0 Å². The minimum atomic E-state index is -0.424. The molecule has 0 radical (unpaired) electrons. The average molecular weight is 380 g/mol. The number of amides is 2. The van der Waals surface area contributed by atoms with E-state index in [0.717, 1.165) is 28.0 Å². The summed E-state index contributed by atoms with van der Waals surface area (Å²) in [6, 6.07) is 11.3. The number of nitrogens with zero attached hydrogens (tertiary/aromatic N) is 2. The number of hydrogen-bond acceptors (Lipinski definition) is 3. The summed E-state index contributed by atoms with van der Waals surface area (Å²) in [6.45, 7) is 9.68. The van der Waals surface area contributed by atoms with Crippen LogP contribution in [0.2, 0.25) is 0 Å². The summed E-state index contributed by atoms with van der Waals surface area (Å²) < 4.78 is 5.39. The van der Waals surface area contributed by atoms with Gasteiger partial charge < -0.3 is 14.5 Å². The molecular weight excluding hydrogens is 352 g/mol. The van der Waals surface area contributed by atoms with Crippen LogP contribution in [0.5, 0.6) is 5.75 Å². The van der Waals surface area contributed by atoms with Crippen molar-refractivity contribution < 1.29 is 14.3 Å². The molecule has 5 heteroatoms. The maximum Gasteiger partial charge on any atom is 0.254 e. The highest BCUT2D eigenvalue weighted by Crippen LogP contribution is 2.30. The first-order chi connectivity index (χ1) is 13.4. The van der Waals surface area contributed by atoms with Gasteiger partial charge in [-0.25, -0.2) is 0 Å². The van der Waals surface area contributed by atoms with Gasteiger partial charge in [-0.05, 0) is 74.2 Å². The molecule has 28 heavy (non-hydrogen) atoms. The number of carbonyl (C=O) groups excluding carboxylic acids is 2. The zero-order valence-electron chi connectivity index (χ0n) is 17.3. The lowest BCUT2D eigenvalue weighted by Gasteiger charge is -2.38. The minimum absolute atomic E-state index is 0.0167. The normalized spacial score (nSPS) is 17.0. The number of ether oxygens (including phenoxy) is 1. The third-order valence-corrected chi connectivity index (χ3v) is 5.57. The van der Waals surface area contributed by atoms with E-state index in [9.17, 15) is 9.59 Å². The second-order valence-corrected chi connectivity index (χ2v) is 7.31. The Morgan fingerprint density at radius 3 is 2.39 bits per heavy atom. The van der Waals surface area contributed by atoms with E-state index in [-0.39, 0.29) is 11.8 Å². The molecule has 1 aliphatic rings. The van der Waals surface area contributed by atoms with Crippen molar-refractivity contribution in [1.82, 2.24) is 9.80 Å². The summed E-state index contributed by atoms with van der Waals surface area (Å²) >= 11 is 0. The molecule has 1 aliphatic heterocycles. The van der Waals surface area contributed by atoms with Gasteiger partial charge in [0.15, 0.2) is 0 Å². The summed E-state index contributed by atoms with van der Waals surface area (Å²) in [5, 5.41) is 0. The smallest absolute Gasteiger partial charge is 0.254 e. The average Bonchev–Trinajstić information content (AvgIpc) is 2.71. The standard InChI is InChI=1S/C23H28N2O3/c1-6-24-11-12-25(17(4)22(24)26)23(27)19-9-7-18(8-10-19)20-13-16(3)21(28-5)14-15(20)2/h7-10,13-14,17H,6,11-12H2,1-5H3/t17-/m1/s1. The van der Waals surface area contributed by atoms with E-state index in [0.29, 0.717) is 25.2 Å². The first kappa shape index (κ1) is 19.9. The van der Waals surface area contributed by atoms with Crippen molar-refractivity contribution in [1.29, 1.82) is 0 Å². The Morgan fingerprint density at radius 1 is 1.11 bits per heavy atom. The molecule has 3 rings (SSSR count). The molecule has 2 aromatic carbocycles. The summed E-state index contributed by atoms with van der Waals surface area (Å²) in [5.74, 6) is 0.798. The number of methoxy groups -OCH3 is 1. The largest absolute Gasteiger partial charge is 0.496 e. The van der Waals surface area contributed by atoms with E-state index in [1.165, 1.54) is 0 Å². The molecule has 0 saturated carbocycles. The second-order valence-electron chi connectivity index (χ2n) is 7.31. The molecule has 0 N–H and O–H groups in total. The van der Waals surface area contributed by atoms with Crippen LogP contribution in [0, 0.1) is 13.8 Å². The summed E-state index contributed by atoms with van der Waals surface area (Å²) in [6.07, 6.45) is 0. The summed E-state index contributed by atoms with van der Waals surface area (Å²) in [4.78, 5) is 28.8. The van der Waals surface area contributed by atoms with Crippen molar-refractivity contribution in [3.05, 3.63) is 53.1 Å². The first-order valence-corrected chi connectivity index (χ1v) is 9.72. The maximum atomic E-state index is 12.9. The zero-order chi connectivity index (χ0) is 20.4. The predicted octanol–water partition coefficient (Wildman–Crippen LogP) is 3.67. The molecule has 1 saturated heterocycles. The van der Waals surface area contributed by atoms with Crippen LogP contribution in [0.1, 0.15) is 35.3 Å². The van der Waals surface area contributed by atoms with Crippen molar-refractivity contribution in [3.63, 3.8) is 0 Å². The lowest BCUT2D eigenvalue weighted by atomic mass is 9.96. The Bertz CT molecular complexity index is 889. The molecule has 0 bridgehead atoms. The molecular formula is C23H28N2O3. The fourth-order valence-corrected chi connectivity index (χ4v) is 3.80. The van der Waals surface area contributed by atoms with E-state index in [2.05, 4.69) is 13.0 Å². The number of piperazine rings is 1. The molecule has 0 unspecified atom stereocenters. The van der Waals surface area contributed by atoms with Crippen LogP contribution in [0.3, 0.4) is 0 Å². The SMILES string of the molecule is CCN1CCN(C(=O)c2ccc(-c3cc(C)c(OC)cc3C)cc2)[C@H](C)C1=O. The van der Waals surface area contributed by atoms with Crippen LogP contribution in [0.25, 0.3) is 11.1 Å². The highest BCUT2D eigenvalue weighted by molar-refractivity contribution is 5.98. The highest BCUT2D eigenvalue weighted by Gasteiger charge is 2.33. The third kappa shape index (κ3) is 3.61. The predicted molar refractivity (Wildman–Crippen MR) is 111 cm³/mol. The number of benzene rings is 2. The number of carbonyl (C=O) groups is 2. The summed E-state index contributed by atoms with van der Waals surface area (Å²) in [7, 11) is 1.67. The van der Waals surface area contributed by atoms with Crippen molar-refractivity contribution >= 4 is 11.8 Å². The van der Waals surface area contributed by atoms with Crippen molar-refractivity contribution in [2.45, 2.75) is 33.7 Å². The van der Waals surface area contributed by atoms with E-state index in [1.54, 1.807) is 23.8 Å². The van der Waals surface area contributed by atoms with Gasteiger partial charge in [-0.3, -0.25) is 9.59 Å². The number of hydrogen-bond donors (Lipinski definition) is 0. The van der Waals surface area contributed by atoms with Crippen molar-refractivity contribution in [2.24, 2.45) is 0 Å². The van der Waals surface area contributed by atoms with Gasteiger partial charge >= 0.3 is 0 Å². The van der Waals surface area contributed by atoms with Crippen molar-refractivity contribution in [3.8, 4) is 16.9 Å². The lowest BCUT2D eigenvalue weighted by molar-refractivity contribution is -0.139. The van der Waals surface area contributed by atoms with Crippen molar-refractivity contribution in [2.75, 3.05) is 26.7 Å². The maximum absolute atomic E-state index is 12.9. The van der Waals surface area contributed by atoms with Gasteiger partial charge in [0.1, 0.15) is 11.8 Å². The molecule has 5 nitrogen and oxygen atoms in total. The van der Waals surface area contributed by atoms with Gasteiger partial charge in [0.05, 0.1) is 7.11 Å². The molecule has 0 spiro atoms. The van der Waals surface area contributed by atoms with Gasteiger partial charge in [0.25, 0.3) is 5.91 Å². The van der Waals surface area contributed by atoms with Crippen LogP contribution in [0.15, 0.2) is 36.4 Å². The fourth-order valence-electron chi connectivity index (χ4n) is 3.80. The molecule has 2 amide bonds. The molecule has 148 valence electrons. The molecule has 0 aliphatic carbocycles. The Kier molecular flexibility index (Phi) is 5.73. The Hall–Kier alpha value is -2.82. The van der Waals surface area contributed by atoms with Gasteiger partial charge in [0, 0.05) is 25.2 Å². The summed E-state index contributed by atoms with van der Waals surface area (Å²) in [5.41, 5.74) is 4.98. The molecule has 0 aromatic heterocycles. The van der Waals surface area contributed by atoms with E-state index in [1.807, 2.05) is 44.2 Å². The van der Waals surface area contributed by atoms with Gasteiger partial charge in [0.2, 0.25) is 5.91 Å². The molecule has 1 fully saturated rings. The van der Waals surface area contributed by atoms with Crippen LogP contribution in [-0.2, 0) is 4.79 Å². The minimum Gasteiger partial charge on any atom is -0.496 e. The highest BCUT2D eigenvalue weighted by atomic mass is 16.5. The third-order valence-electron chi connectivity index (χ3n) is 5.57. The van der Waals surface area contributed by atoms with Crippen LogP contribution in [-0.4, -0.2) is 54.4 Å². The molecule has 1 atom stereocenters. The second kappa shape index (κ2) is 8.05. The lowest BCUT2D eigenvalue weighted by Crippen LogP contribution is -2.57. The Morgan fingerprint density at radius 2 is 1.79 bits per heavy atom. The number of likely N-dealkylation sites (N-methyl/N-ethyl adjacent to an activating group) is 1. The number of rotatable bonds is 4. The number of aryl methyl sites for hydroxylation is 2. The van der Waals surface area contributed by atoms with Crippen LogP contribution < -0.4 is 4.74 Å². The molecule has 2 aromatic rings. The Labute approximate surface area is 166 Å². The topological polar surface area (TPSA) is 49.9 Å². The first-order valence-electron chi connectivity index (χ1n) is 9.72. The fraction of sp³-hybridized carbons (Fsp3) is 0.391. The van der Waals surface area contributed by atoms with E-state index in [4.69, 9.17) is 4.74 Å². The molecule has 1 heterocycles. The van der Waals surface area contributed by atoms with Gasteiger partial charge in [-0.1, -0.05) is 12.1 Å². The Balaban J connectivity index is 1.82. The zero-order valence-corrected chi connectivity index (χ0v) is 17.3. The van der Waals surface area contributed by atoms with Crippen LogP contribution in [0.4, 0.5) is 0 Å².